The largest absolute Gasteiger partial charge is 0.489 e. The lowest BCUT2D eigenvalue weighted by molar-refractivity contribution is 0.0380. The zero-order valence-electron chi connectivity index (χ0n) is 10.1. The van der Waals surface area contributed by atoms with Gasteiger partial charge in [-0.3, -0.25) is 4.79 Å². The minimum atomic E-state index is -0.253. The molecule has 0 amide bonds. The Hall–Kier alpha value is -1.56. The molecule has 0 radical (unpaired) electrons. The third kappa shape index (κ3) is 2.41. The molecule has 0 bridgehead atoms. The van der Waals surface area contributed by atoms with Crippen LogP contribution in [0.15, 0.2) is 11.1 Å². The first-order chi connectivity index (χ1) is 8.26. The van der Waals surface area contributed by atoms with Crippen LogP contribution in [0.4, 0.5) is 5.82 Å². The van der Waals surface area contributed by atoms with E-state index >= 15 is 0 Å². The number of methoxy groups -OCH3 is 1. The number of morpholine rings is 1. The van der Waals surface area contributed by atoms with E-state index in [1.165, 1.54) is 13.4 Å². The Kier molecular flexibility index (Phi) is 3.63. The van der Waals surface area contributed by atoms with Crippen LogP contribution in [0.1, 0.15) is 13.3 Å². The fourth-order valence-corrected chi connectivity index (χ4v) is 1.95. The molecule has 17 heavy (non-hydrogen) atoms. The molecule has 1 aliphatic rings. The number of anilines is 1. The van der Waals surface area contributed by atoms with Crippen LogP contribution in [0.3, 0.4) is 0 Å². The lowest BCUT2D eigenvalue weighted by atomic mass is 10.2. The van der Waals surface area contributed by atoms with E-state index in [-0.39, 0.29) is 17.4 Å². The van der Waals surface area contributed by atoms with Gasteiger partial charge in [0.15, 0.2) is 5.82 Å². The Labute approximate surface area is 99.6 Å². The Morgan fingerprint density at radius 3 is 3.24 bits per heavy atom. The third-order valence-corrected chi connectivity index (χ3v) is 2.89. The van der Waals surface area contributed by atoms with Crippen LogP contribution in [0.25, 0.3) is 0 Å². The Balaban J connectivity index is 2.27. The van der Waals surface area contributed by atoms with Crippen molar-refractivity contribution in [2.75, 3.05) is 31.7 Å². The van der Waals surface area contributed by atoms with Gasteiger partial charge in [-0.2, -0.15) is 0 Å². The van der Waals surface area contributed by atoms with Gasteiger partial charge in [-0.25, -0.2) is 4.98 Å². The zero-order valence-corrected chi connectivity index (χ0v) is 10.1. The fourth-order valence-electron chi connectivity index (χ4n) is 1.95. The number of nitrogens with one attached hydrogen (secondary N) is 1. The standard InChI is InChI=1S/C11H17N3O3/c1-3-8-6-14(4-5-17-8)10-9(16-2)11(15)13-7-12-10/h7-8H,3-6H2,1-2H3,(H,12,13,15). The van der Waals surface area contributed by atoms with E-state index in [4.69, 9.17) is 9.47 Å². The molecule has 1 unspecified atom stereocenters. The summed E-state index contributed by atoms with van der Waals surface area (Å²) in [6.07, 6.45) is 2.54. The molecule has 1 aromatic heterocycles. The van der Waals surface area contributed by atoms with Gasteiger partial charge in [0.25, 0.3) is 5.56 Å². The summed E-state index contributed by atoms with van der Waals surface area (Å²) in [6.45, 7) is 4.19. The molecule has 6 nitrogen and oxygen atoms in total. The number of hydrogen-bond donors (Lipinski definition) is 1. The summed E-state index contributed by atoms with van der Waals surface area (Å²) < 4.78 is 10.7. The van der Waals surface area contributed by atoms with Gasteiger partial charge < -0.3 is 19.4 Å². The van der Waals surface area contributed by atoms with Crippen LogP contribution in [-0.2, 0) is 4.74 Å². The molecule has 2 heterocycles. The van der Waals surface area contributed by atoms with Crippen LogP contribution in [-0.4, -0.2) is 42.9 Å². The van der Waals surface area contributed by atoms with Gasteiger partial charge in [0.05, 0.1) is 26.1 Å². The molecule has 2 rings (SSSR count). The summed E-state index contributed by atoms with van der Waals surface area (Å²) >= 11 is 0. The summed E-state index contributed by atoms with van der Waals surface area (Å²) in [5, 5.41) is 0. The highest BCUT2D eigenvalue weighted by molar-refractivity contribution is 5.51. The summed E-state index contributed by atoms with van der Waals surface area (Å²) in [7, 11) is 1.48. The van der Waals surface area contributed by atoms with Gasteiger partial charge in [0.2, 0.25) is 5.75 Å². The van der Waals surface area contributed by atoms with Gasteiger partial charge >= 0.3 is 0 Å². The second-order valence-electron chi connectivity index (χ2n) is 3.94. The highest BCUT2D eigenvalue weighted by atomic mass is 16.5. The molecule has 6 heteroatoms. The molecule has 1 fully saturated rings. The molecule has 0 spiro atoms. The molecule has 1 saturated heterocycles. The van der Waals surface area contributed by atoms with Crippen LogP contribution in [0, 0.1) is 0 Å². The zero-order chi connectivity index (χ0) is 12.3. The van der Waals surface area contributed by atoms with Gasteiger partial charge in [-0.1, -0.05) is 6.92 Å². The molecule has 1 N–H and O–H groups in total. The van der Waals surface area contributed by atoms with Crippen molar-refractivity contribution >= 4 is 5.82 Å². The summed E-state index contributed by atoms with van der Waals surface area (Å²) in [5.41, 5.74) is -0.253. The molecule has 1 aromatic rings. The first-order valence-electron chi connectivity index (χ1n) is 5.74. The molecule has 1 atom stereocenters. The van der Waals surface area contributed by atoms with Crippen molar-refractivity contribution in [3.8, 4) is 5.75 Å². The monoisotopic (exact) mass is 239 g/mol. The highest BCUT2D eigenvalue weighted by Crippen LogP contribution is 2.23. The number of aromatic amines is 1. The molecular weight excluding hydrogens is 222 g/mol. The number of nitrogens with zero attached hydrogens (tertiary/aromatic N) is 2. The van der Waals surface area contributed by atoms with Crippen LogP contribution in [0.2, 0.25) is 0 Å². The van der Waals surface area contributed by atoms with Crippen LogP contribution in [0.5, 0.6) is 5.75 Å². The first-order valence-corrected chi connectivity index (χ1v) is 5.74. The van der Waals surface area contributed by atoms with E-state index in [9.17, 15) is 4.79 Å². The molecule has 1 aliphatic heterocycles. The Morgan fingerprint density at radius 2 is 2.53 bits per heavy atom. The van der Waals surface area contributed by atoms with E-state index < -0.39 is 0 Å². The van der Waals surface area contributed by atoms with Crippen molar-refractivity contribution in [1.82, 2.24) is 9.97 Å². The van der Waals surface area contributed by atoms with Gasteiger partial charge in [-0.05, 0) is 6.42 Å². The number of hydrogen-bond acceptors (Lipinski definition) is 5. The molecular formula is C11H17N3O3. The number of H-pyrrole nitrogens is 1. The maximum absolute atomic E-state index is 11.6. The summed E-state index contributed by atoms with van der Waals surface area (Å²) in [4.78, 5) is 20.3. The SMILES string of the molecule is CCC1CN(c2nc[nH]c(=O)c2OC)CCO1. The van der Waals surface area contributed by atoms with Crippen molar-refractivity contribution in [2.24, 2.45) is 0 Å². The number of aromatic nitrogens is 2. The van der Waals surface area contributed by atoms with Crippen LogP contribution < -0.4 is 15.2 Å². The second kappa shape index (κ2) is 5.18. The van der Waals surface area contributed by atoms with E-state index in [0.29, 0.717) is 12.4 Å². The van der Waals surface area contributed by atoms with Crippen molar-refractivity contribution in [3.05, 3.63) is 16.7 Å². The lowest BCUT2D eigenvalue weighted by Gasteiger charge is -2.33. The normalized spacial score (nSPS) is 20.4. The highest BCUT2D eigenvalue weighted by Gasteiger charge is 2.23. The Morgan fingerprint density at radius 1 is 1.71 bits per heavy atom. The topological polar surface area (TPSA) is 67.5 Å². The van der Waals surface area contributed by atoms with Crippen molar-refractivity contribution in [2.45, 2.75) is 19.4 Å². The minimum absolute atomic E-state index is 0.189. The van der Waals surface area contributed by atoms with Gasteiger partial charge in [-0.15, -0.1) is 0 Å². The maximum atomic E-state index is 11.6. The van der Waals surface area contributed by atoms with E-state index in [2.05, 4.69) is 16.9 Å². The molecule has 0 aromatic carbocycles. The summed E-state index contributed by atoms with van der Waals surface area (Å²) in [5.74, 6) is 0.863. The molecule has 0 saturated carbocycles. The van der Waals surface area contributed by atoms with E-state index in [0.717, 1.165) is 19.5 Å². The minimum Gasteiger partial charge on any atom is -0.489 e. The average Bonchev–Trinajstić information content (AvgIpc) is 2.38. The Bertz CT molecular complexity index is 432. The second-order valence-corrected chi connectivity index (χ2v) is 3.94. The number of ether oxygens (including phenoxy) is 2. The quantitative estimate of drug-likeness (QED) is 0.826. The van der Waals surface area contributed by atoms with Crippen LogP contribution >= 0.6 is 0 Å². The molecule has 94 valence electrons. The summed E-state index contributed by atoms with van der Waals surface area (Å²) in [6, 6.07) is 0. The fraction of sp³-hybridized carbons (Fsp3) is 0.636. The smallest absolute Gasteiger partial charge is 0.295 e. The van der Waals surface area contributed by atoms with Crippen molar-refractivity contribution < 1.29 is 9.47 Å². The first kappa shape index (κ1) is 11.9. The van der Waals surface area contributed by atoms with Gasteiger partial charge in [0, 0.05) is 13.1 Å². The predicted octanol–water partition coefficient (Wildman–Crippen LogP) is 0.394. The molecule has 0 aliphatic carbocycles. The van der Waals surface area contributed by atoms with Crippen molar-refractivity contribution in [1.29, 1.82) is 0 Å². The van der Waals surface area contributed by atoms with E-state index in [1.54, 1.807) is 0 Å². The lowest BCUT2D eigenvalue weighted by Crippen LogP contribution is -2.43. The average molecular weight is 239 g/mol. The maximum Gasteiger partial charge on any atom is 0.295 e. The number of rotatable bonds is 3. The predicted molar refractivity (Wildman–Crippen MR) is 63.7 cm³/mol. The third-order valence-electron chi connectivity index (χ3n) is 2.89. The van der Waals surface area contributed by atoms with E-state index in [1.807, 2.05) is 4.90 Å². The van der Waals surface area contributed by atoms with Crippen molar-refractivity contribution in [3.63, 3.8) is 0 Å². The van der Waals surface area contributed by atoms with Gasteiger partial charge in [0.1, 0.15) is 0 Å².